The molecule has 0 saturated carbocycles. The molecule has 96 valence electrons. The third-order valence-electron chi connectivity index (χ3n) is 2.16. The van der Waals surface area contributed by atoms with Gasteiger partial charge in [0.25, 0.3) is 0 Å². The fraction of sp³-hybridized carbons (Fsp3) is 0.400. The van der Waals surface area contributed by atoms with Gasteiger partial charge in [0.15, 0.2) is 6.29 Å². The second-order valence-corrected chi connectivity index (χ2v) is 4.92. The van der Waals surface area contributed by atoms with Crippen LogP contribution in [0, 0.1) is 0 Å². The van der Waals surface area contributed by atoms with E-state index in [0.29, 0.717) is 12.2 Å². The Bertz CT molecular complexity index is 457. The standard InChI is InChI=1S/C10H16N2O4S/c1-15-10(16-2)7-12-8-4-3-5-9(6-8)17(11,13)14/h3-6,10,12H,7H2,1-2H3,(H2,11,13,14). The van der Waals surface area contributed by atoms with E-state index < -0.39 is 16.3 Å². The van der Waals surface area contributed by atoms with Gasteiger partial charge in [-0.1, -0.05) is 6.07 Å². The fourth-order valence-corrected chi connectivity index (χ4v) is 1.81. The van der Waals surface area contributed by atoms with Crippen molar-refractivity contribution in [3.8, 4) is 0 Å². The van der Waals surface area contributed by atoms with Crippen LogP contribution in [0.4, 0.5) is 5.69 Å². The smallest absolute Gasteiger partial charge is 0.238 e. The molecule has 1 aromatic carbocycles. The molecule has 0 unspecified atom stereocenters. The maximum atomic E-state index is 11.1. The van der Waals surface area contributed by atoms with Crippen molar-refractivity contribution in [2.75, 3.05) is 26.1 Å². The Morgan fingerprint density at radius 1 is 1.35 bits per heavy atom. The lowest BCUT2D eigenvalue weighted by Crippen LogP contribution is -2.23. The van der Waals surface area contributed by atoms with Crippen molar-refractivity contribution in [3.05, 3.63) is 24.3 Å². The quantitative estimate of drug-likeness (QED) is 0.721. The molecule has 0 saturated heterocycles. The van der Waals surface area contributed by atoms with Crippen LogP contribution in [0.5, 0.6) is 0 Å². The Labute approximate surface area is 101 Å². The van der Waals surface area contributed by atoms with Gasteiger partial charge in [-0.15, -0.1) is 0 Å². The largest absolute Gasteiger partial charge is 0.380 e. The van der Waals surface area contributed by atoms with E-state index in [-0.39, 0.29) is 4.90 Å². The zero-order chi connectivity index (χ0) is 12.9. The molecule has 0 heterocycles. The lowest BCUT2D eigenvalue weighted by molar-refractivity contribution is -0.0914. The monoisotopic (exact) mass is 260 g/mol. The third kappa shape index (κ3) is 4.31. The lowest BCUT2D eigenvalue weighted by atomic mass is 10.3. The lowest BCUT2D eigenvalue weighted by Gasteiger charge is -2.15. The molecule has 7 heteroatoms. The molecule has 17 heavy (non-hydrogen) atoms. The fourth-order valence-electron chi connectivity index (χ4n) is 1.25. The second-order valence-electron chi connectivity index (χ2n) is 3.35. The normalized spacial score (nSPS) is 11.8. The van der Waals surface area contributed by atoms with Crippen LogP contribution >= 0.6 is 0 Å². The third-order valence-corrected chi connectivity index (χ3v) is 3.07. The Morgan fingerprint density at radius 2 is 2.00 bits per heavy atom. The summed E-state index contributed by atoms with van der Waals surface area (Å²) in [6, 6.07) is 6.23. The molecule has 0 spiro atoms. The highest BCUT2D eigenvalue weighted by Gasteiger charge is 2.09. The van der Waals surface area contributed by atoms with E-state index in [4.69, 9.17) is 14.6 Å². The molecule has 0 aliphatic carbocycles. The predicted molar refractivity (Wildman–Crippen MR) is 64.1 cm³/mol. The van der Waals surface area contributed by atoms with Crippen molar-refractivity contribution >= 4 is 15.7 Å². The molecule has 1 aromatic rings. The Kier molecular flexibility index (Phi) is 4.88. The first kappa shape index (κ1) is 13.9. The van der Waals surface area contributed by atoms with Crippen LogP contribution in [0.15, 0.2) is 29.2 Å². The number of rotatable bonds is 6. The Hall–Kier alpha value is -1.15. The summed E-state index contributed by atoms with van der Waals surface area (Å²) in [5.41, 5.74) is 0.635. The number of primary sulfonamides is 1. The molecular weight excluding hydrogens is 244 g/mol. The van der Waals surface area contributed by atoms with E-state index in [2.05, 4.69) is 5.32 Å². The van der Waals surface area contributed by atoms with Gasteiger partial charge in [0, 0.05) is 19.9 Å². The number of nitrogens with one attached hydrogen (secondary N) is 1. The SMILES string of the molecule is COC(CNc1cccc(S(N)(=O)=O)c1)OC. The van der Waals surface area contributed by atoms with Gasteiger partial charge in [-0.25, -0.2) is 13.6 Å². The maximum Gasteiger partial charge on any atom is 0.238 e. The number of sulfonamides is 1. The molecule has 0 radical (unpaired) electrons. The summed E-state index contributed by atoms with van der Waals surface area (Å²) in [5, 5.41) is 8.02. The minimum atomic E-state index is -3.68. The highest BCUT2D eigenvalue weighted by molar-refractivity contribution is 7.89. The average molecular weight is 260 g/mol. The van der Waals surface area contributed by atoms with E-state index >= 15 is 0 Å². The molecule has 0 bridgehead atoms. The zero-order valence-electron chi connectivity index (χ0n) is 9.71. The number of anilines is 1. The van der Waals surface area contributed by atoms with Crippen molar-refractivity contribution in [1.29, 1.82) is 0 Å². The van der Waals surface area contributed by atoms with Crippen LogP contribution in [-0.4, -0.2) is 35.5 Å². The molecular formula is C10H16N2O4S. The number of hydrogen-bond acceptors (Lipinski definition) is 5. The van der Waals surface area contributed by atoms with Gasteiger partial charge in [-0.05, 0) is 18.2 Å². The summed E-state index contributed by atoms with van der Waals surface area (Å²) in [6.45, 7) is 0.404. The predicted octanol–water partition coefficient (Wildman–Crippen LogP) is 0.365. The van der Waals surface area contributed by atoms with Gasteiger partial charge < -0.3 is 14.8 Å². The van der Waals surface area contributed by atoms with E-state index in [1.54, 1.807) is 12.1 Å². The van der Waals surface area contributed by atoms with E-state index in [0.717, 1.165) is 0 Å². The van der Waals surface area contributed by atoms with Crippen molar-refractivity contribution < 1.29 is 17.9 Å². The minimum Gasteiger partial charge on any atom is -0.380 e. The number of nitrogens with two attached hydrogens (primary N) is 1. The van der Waals surface area contributed by atoms with Crippen LogP contribution in [0.1, 0.15) is 0 Å². The van der Waals surface area contributed by atoms with Crippen molar-refractivity contribution in [2.45, 2.75) is 11.2 Å². The van der Waals surface area contributed by atoms with Crippen LogP contribution in [0.3, 0.4) is 0 Å². The Morgan fingerprint density at radius 3 is 2.53 bits per heavy atom. The molecule has 6 nitrogen and oxygen atoms in total. The second kappa shape index (κ2) is 5.97. The van der Waals surface area contributed by atoms with Gasteiger partial charge in [0.05, 0.1) is 11.4 Å². The topological polar surface area (TPSA) is 90.6 Å². The number of benzene rings is 1. The van der Waals surface area contributed by atoms with Crippen LogP contribution in [-0.2, 0) is 19.5 Å². The zero-order valence-corrected chi connectivity index (χ0v) is 10.5. The average Bonchev–Trinajstić information content (AvgIpc) is 2.30. The molecule has 0 aromatic heterocycles. The molecule has 0 amide bonds. The first-order valence-corrected chi connectivity index (χ1v) is 6.44. The summed E-state index contributed by atoms with van der Waals surface area (Å²) in [5.74, 6) is 0. The molecule has 0 aliphatic rings. The van der Waals surface area contributed by atoms with Crippen molar-refractivity contribution in [1.82, 2.24) is 0 Å². The minimum absolute atomic E-state index is 0.0638. The van der Waals surface area contributed by atoms with Crippen LogP contribution in [0.2, 0.25) is 0 Å². The van der Waals surface area contributed by atoms with Gasteiger partial charge in [-0.3, -0.25) is 0 Å². The van der Waals surface area contributed by atoms with Crippen LogP contribution < -0.4 is 10.5 Å². The summed E-state index contributed by atoms with van der Waals surface area (Å²) < 4.78 is 32.3. The van der Waals surface area contributed by atoms with E-state index in [1.807, 2.05) is 0 Å². The van der Waals surface area contributed by atoms with Crippen molar-refractivity contribution in [3.63, 3.8) is 0 Å². The maximum absolute atomic E-state index is 11.1. The van der Waals surface area contributed by atoms with E-state index in [1.165, 1.54) is 26.4 Å². The molecule has 0 fully saturated rings. The van der Waals surface area contributed by atoms with Crippen molar-refractivity contribution in [2.24, 2.45) is 5.14 Å². The van der Waals surface area contributed by atoms with Crippen LogP contribution in [0.25, 0.3) is 0 Å². The summed E-state index contributed by atoms with van der Waals surface area (Å²) in [6.07, 6.45) is -0.395. The molecule has 0 atom stereocenters. The number of ether oxygens (including phenoxy) is 2. The van der Waals surface area contributed by atoms with Gasteiger partial charge in [0.1, 0.15) is 0 Å². The van der Waals surface area contributed by atoms with Gasteiger partial charge in [-0.2, -0.15) is 0 Å². The Balaban J connectivity index is 2.73. The molecule has 1 rings (SSSR count). The first-order chi connectivity index (χ1) is 7.97. The molecule has 3 N–H and O–H groups in total. The number of hydrogen-bond donors (Lipinski definition) is 2. The van der Waals surface area contributed by atoms with Gasteiger partial charge in [0.2, 0.25) is 10.0 Å². The summed E-state index contributed by atoms with van der Waals surface area (Å²) in [7, 11) is -0.629. The summed E-state index contributed by atoms with van der Waals surface area (Å²) >= 11 is 0. The summed E-state index contributed by atoms with van der Waals surface area (Å²) in [4.78, 5) is 0.0638. The highest BCUT2D eigenvalue weighted by atomic mass is 32.2. The number of methoxy groups -OCH3 is 2. The molecule has 0 aliphatic heterocycles. The first-order valence-electron chi connectivity index (χ1n) is 4.89. The highest BCUT2D eigenvalue weighted by Crippen LogP contribution is 2.14. The van der Waals surface area contributed by atoms with E-state index in [9.17, 15) is 8.42 Å². The van der Waals surface area contributed by atoms with Gasteiger partial charge >= 0.3 is 0 Å².